The SMILES string of the molecule is Cc1ccccc1C(=O)NCC(c1ccccc1Cl)c1c[nH]c2ccccc12. The van der Waals surface area contributed by atoms with Crippen molar-refractivity contribution >= 4 is 28.4 Å². The number of rotatable bonds is 5. The third kappa shape index (κ3) is 3.54. The number of aryl methyl sites for hydroxylation is 1. The number of carbonyl (C=O) groups is 1. The summed E-state index contributed by atoms with van der Waals surface area (Å²) in [5.74, 6) is -0.132. The predicted octanol–water partition coefficient (Wildman–Crippen LogP) is 5.69. The zero-order valence-corrected chi connectivity index (χ0v) is 16.3. The summed E-state index contributed by atoms with van der Waals surface area (Å²) in [5.41, 5.74) is 4.84. The Hall–Kier alpha value is -3.04. The van der Waals surface area contributed by atoms with Crippen LogP contribution in [0.1, 0.15) is 33.0 Å². The van der Waals surface area contributed by atoms with Crippen LogP contribution < -0.4 is 5.32 Å². The van der Waals surface area contributed by atoms with Crippen LogP contribution >= 0.6 is 11.6 Å². The minimum Gasteiger partial charge on any atom is -0.361 e. The van der Waals surface area contributed by atoms with Crippen LogP contribution in [-0.4, -0.2) is 17.4 Å². The number of nitrogens with one attached hydrogen (secondary N) is 2. The molecule has 0 fully saturated rings. The standard InChI is InChI=1S/C24H21ClN2O/c1-16-8-2-3-9-17(16)24(28)27-15-20(18-10-4-6-12-22(18)25)21-14-26-23-13-7-5-11-19(21)23/h2-14,20,26H,15H2,1H3,(H,27,28). The van der Waals surface area contributed by atoms with E-state index in [1.165, 1.54) is 0 Å². The first-order valence-electron chi connectivity index (χ1n) is 9.29. The number of carbonyl (C=O) groups excluding carboxylic acids is 1. The Morgan fingerprint density at radius 3 is 2.50 bits per heavy atom. The molecule has 0 aliphatic heterocycles. The minimum atomic E-state index is -0.0741. The molecule has 0 aliphatic rings. The van der Waals surface area contributed by atoms with Crippen molar-refractivity contribution < 1.29 is 4.79 Å². The fraction of sp³-hybridized carbons (Fsp3) is 0.125. The van der Waals surface area contributed by atoms with E-state index in [0.29, 0.717) is 17.1 Å². The highest BCUT2D eigenvalue weighted by Gasteiger charge is 2.21. The molecule has 28 heavy (non-hydrogen) atoms. The van der Waals surface area contributed by atoms with Crippen molar-refractivity contribution in [2.45, 2.75) is 12.8 Å². The Kier molecular flexibility index (Phi) is 5.18. The van der Waals surface area contributed by atoms with Crippen LogP contribution in [-0.2, 0) is 0 Å². The van der Waals surface area contributed by atoms with E-state index in [0.717, 1.165) is 27.6 Å². The molecule has 3 nitrogen and oxygen atoms in total. The van der Waals surface area contributed by atoms with Gasteiger partial charge in [0.05, 0.1) is 0 Å². The average molecular weight is 389 g/mol. The van der Waals surface area contributed by atoms with Gasteiger partial charge in [0.1, 0.15) is 0 Å². The van der Waals surface area contributed by atoms with Crippen molar-refractivity contribution in [3.8, 4) is 0 Å². The van der Waals surface area contributed by atoms with E-state index in [1.807, 2.05) is 73.8 Å². The molecule has 0 saturated heterocycles. The molecule has 4 rings (SSSR count). The summed E-state index contributed by atoms with van der Waals surface area (Å²) in [6.07, 6.45) is 2.01. The highest BCUT2D eigenvalue weighted by molar-refractivity contribution is 6.31. The van der Waals surface area contributed by atoms with Gasteiger partial charge >= 0.3 is 0 Å². The zero-order chi connectivity index (χ0) is 19.5. The summed E-state index contributed by atoms with van der Waals surface area (Å²) in [4.78, 5) is 16.1. The number of halogens is 1. The van der Waals surface area contributed by atoms with Crippen LogP contribution in [0.25, 0.3) is 10.9 Å². The molecule has 0 spiro atoms. The van der Waals surface area contributed by atoms with Crippen molar-refractivity contribution in [1.29, 1.82) is 0 Å². The maximum Gasteiger partial charge on any atom is 0.251 e. The molecule has 0 aliphatic carbocycles. The Bertz CT molecular complexity index is 1130. The highest BCUT2D eigenvalue weighted by atomic mass is 35.5. The molecule has 0 bridgehead atoms. The van der Waals surface area contributed by atoms with E-state index in [2.05, 4.69) is 22.4 Å². The summed E-state index contributed by atoms with van der Waals surface area (Å²) < 4.78 is 0. The van der Waals surface area contributed by atoms with Crippen LogP contribution in [0.2, 0.25) is 5.02 Å². The second-order valence-electron chi connectivity index (χ2n) is 6.89. The number of hydrogen-bond donors (Lipinski definition) is 2. The lowest BCUT2D eigenvalue weighted by atomic mass is 9.90. The molecular formula is C24H21ClN2O. The van der Waals surface area contributed by atoms with Crippen molar-refractivity contribution in [2.24, 2.45) is 0 Å². The van der Waals surface area contributed by atoms with E-state index >= 15 is 0 Å². The normalized spacial score (nSPS) is 12.1. The topological polar surface area (TPSA) is 44.9 Å². The van der Waals surface area contributed by atoms with Crippen LogP contribution in [0, 0.1) is 6.92 Å². The molecule has 1 unspecified atom stereocenters. The first-order chi connectivity index (χ1) is 13.6. The van der Waals surface area contributed by atoms with Gasteiger partial charge in [-0.3, -0.25) is 4.79 Å². The lowest BCUT2D eigenvalue weighted by Gasteiger charge is -2.20. The van der Waals surface area contributed by atoms with Crippen LogP contribution in [0.3, 0.4) is 0 Å². The molecule has 1 aromatic heterocycles. The molecule has 3 aromatic carbocycles. The third-order valence-corrected chi connectivity index (χ3v) is 5.48. The molecule has 1 amide bonds. The zero-order valence-electron chi connectivity index (χ0n) is 15.6. The summed E-state index contributed by atoms with van der Waals surface area (Å²) in [7, 11) is 0. The van der Waals surface area contributed by atoms with Crippen LogP contribution in [0.5, 0.6) is 0 Å². The maximum atomic E-state index is 12.8. The third-order valence-electron chi connectivity index (χ3n) is 5.13. The van der Waals surface area contributed by atoms with E-state index < -0.39 is 0 Å². The molecule has 1 atom stereocenters. The Balaban J connectivity index is 1.69. The molecule has 1 heterocycles. The number of amides is 1. The lowest BCUT2D eigenvalue weighted by molar-refractivity contribution is 0.0952. The number of H-pyrrole nitrogens is 1. The smallest absolute Gasteiger partial charge is 0.251 e. The number of benzene rings is 3. The van der Waals surface area contributed by atoms with Crippen molar-refractivity contribution in [2.75, 3.05) is 6.54 Å². The fourth-order valence-corrected chi connectivity index (χ4v) is 3.91. The number of aromatic amines is 1. The minimum absolute atomic E-state index is 0.0576. The van der Waals surface area contributed by atoms with Gasteiger partial charge < -0.3 is 10.3 Å². The van der Waals surface area contributed by atoms with Gasteiger partial charge in [-0.1, -0.05) is 66.2 Å². The summed E-state index contributed by atoms with van der Waals surface area (Å²) in [6, 6.07) is 23.6. The number of hydrogen-bond acceptors (Lipinski definition) is 1. The first-order valence-corrected chi connectivity index (χ1v) is 9.67. The number of aromatic nitrogens is 1. The quantitative estimate of drug-likeness (QED) is 0.453. The van der Waals surface area contributed by atoms with Gasteiger partial charge in [-0.05, 0) is 41.8 Å². The van der Waals surface area contributed by atoms with Crippen LogP contribution in [0.4, 0.5) is 0 Å². The summed E-state index contributed by atoms with van der Waals surface area (Å²) in [5, 5.41) is 4.94. The van der Waals surface area contributed by atoms with E-state index in [4.69, 9.17) is 11.6 Å². The van der Waals surface area contributed by atoms with Gasteiger partial charge in [-0.2, -0.15) is 0 Å². The lowest BCUT2D eigenvalue weighted by Crippen LogP contribution is -2.29. The molecule has 0 radical (unpaired) electrons. The predicted molar refractivity (Wildman–Crippen MR) is 115 cm³/mol. The Labute approximate surface area is 169 Å². The Morgan fingerprint density at radius 1 is 0.964 bits per heavy atom. The maximum absolute atomic E-state index is 12.8. The van der Waals surface area contributed by atoms with Gasteiger partial charge in [0.2, 0.25) is 0 Å². The first kappa shape index (κ1) is 18.3. The van der Waals surface area contributed by atoms with Gasteiger partial charge in [-0.25, -0.2) is 0 Å². The van der Waals surface area contributed by atoms with Gasteiger partial charge in [0.25, 0.3) is 5.91 Å². The average Bonchev–Trinajstić information content (AvgIpc) is 3.14. The second kappa shape index (κ2) is 7.91. The van der Waals surface area contributed by atoms with E-state index in [9.17, 15) is 4.79 Å². The summed E-state index contributed by atoms with van der Waals surface area (Å²) in [6.45, 7) is 2.40. The number of fused-ring (bicyclic) bond motifs is 1. The van der Waals surface area contributed by atoms with Gasteiger partial charge in [-0.15, -0.1) is 0 Å². The monoisotopic (exact) mass is 388 g/mol. The molecular weight excluding hydrogens is 368 g/mol. The van der Waals surface area contributed by atoms with Crippen molar-refractivity contribution in [3.63, 3.8) is 0 Å². The Morgan fingerprint density at radius 2 is 1.68 bits per heavy atom. The van der Waals surface area contributed by atoms with E-state index in [1.54, 1.807) is 0 Å². The summed E-state index contributed by atoms with van der Waals surface area (Å²) >= 11 is 6.52. The van der Waals surface area contributed by atoms with Gasteiger partial charge in [0.15, 0.2) is 0 Å². The second-order valence-corrected chi connectivity index (χ2v) is 7.30. The van der Waals surface area contributed by atoms with Crippen LogP contribution in [0.15, 0.2) is 79.0 Å². The van der Waals surface area contributed by atoms with Gasteiger partial charge in [0, 0.05) is 40.1 Å². The van der Waals surface area contributed by atoms with Crippen molar-refractivity contribution in [1.82, 2.24) is 10.3 Å². The molecule has 0 saturated carbocycles. The fourth-order valence-electron chi connectivity index (χ4n) is 3.65. The largest absolute Gasteiger partial charge is 0.361 e. The number of para-hydroxylation sites is 1. The van der Waals surface area contributed by atoms with Crippen molar-refractivity contribution in [3.05, 3.63) is 106 Å². The molecule has 2 N–H and O–H groups in total. The van der Waals surface area contributed by atoms with E-state index in [-0.39, 0.29) is 11.8 Å². The molecule has 4 heteroatoms. The molecule has 140 valence electrons. The molecule has 4 aromatic rings. The highest BCUT2D eigenvalue weighted by Crippen LogP contribution is 2.34.